The van der Waals surface area contributed by atoms with E-state index in [1.165, 1.54) is 11.3 Å². The Morgan fingerprint density at radius 3 is 2.88 bits per heavy atom. The number of carbonyl (C=O) groups is 1. The zero-order valence-corrected chi connectivity index (χ0v) is 10.1. The number of hydrogen-bond donors (Lipinski definition) is 3. The molecule has 0 fully saturated rings. The highest BCUT2D eigenvalue weighted by Gasteiger charge is 2.23. The topological polar surface area (TPSA) is 82.5 Å². The number of aliphatic carboxylic acids is 1. The average molecular weight is 244 g/mol. The lowest BCUT2D eigenvalue weighted by molar-refractivity contribution is -0.139. The summed E-state index contributed by atoms with van der Waals surface area (Å²) in [5.41, 5.74) is -0.354. The molecule has 16 heavy (non-hydrogen) atoms. The molecule has 0 bridgehead atoms. The molecule has 0 saturated heterocycles. The second-order valence-electron chi connectivity index (χ2n) is 4.09. The Hall–Kier alpha value is -0.980. The van der Waals surface area contributed by atoms with Crippen LogP contribution in [0.25, 0.3) is 0 Å². The predicted molar refractivity (Wildman–Crippen MR) is 61.4 cm³/mol. The number of aliphatic hydroxyl groups excluding tert-OH is 1. The first-order valence-corrected chi connectivity index (χ1v) is 5.84. The largest absolute Gasteiger partial charge is 0.481 e. The van der Waals surface area contributed by atoms with Gasteiger partial charge in [0.05, 0.1) is 18.1 Å². The van der Waals surface area contributed by atoms with E-state index in [9.17, 15) is 9.90 Å². The van der Waals surface area contributed by atoms with Gasteiger partial charge in [0, 0.05) is 18.1 Å². The summed E-state index contributed by atoms with van der Waals surface area (Å²) in [5.74, 6) is -0.999. The Morgan fingerprint density at radius 1 is 1.69 bits per heavy atom. The van der Waals surface area contributed by atoms with Crippen molar-refractivity contribution in [1.82, 2.24) is 10.3 Å². The maximum absolute atomic E-state index is 10.4. The average Bonchev–Trinajstić information content (AvgIpc) is 2.67. The number of carboxylic acid groups (broad SMARTS) is 1. The Morgan fingerprint density at radius 2 is 2.38 bits per heavy atom. The minimum Gasteiger partial charge on any atom is -0.481 e. The molecule has 6 heteroatoms. The van der Waals surface area contributed by atoms with Crippen LogP contribution in [-0.4, -0.2) is 33.8 Å². The molecule has 0 aliphatic rings. The van der Waals surface area contributed by atoms with E-state index in [0.29, 0.717) is 0 Å². The second-order valence-corrected chi connectivity index (χ2v) is 4.99. The van der Waals surface area contributed by atoms with Crippen LogP contribution in [0.3, 0.4) is 0 Å². The molecular formula is C10H16N2O3S. The van der Waals surface area contributed by atoms with E-state index in [-0.39, 0.29) is 18.5 Å². The first kappa shape index (κ1) is 13.1. The molecular weight excluding hydrogens is 228 g/mol. The van der Waals surface area contributed by atoms with E-state index in [1.54, 1.807) is 6.20 Å². The number of aliphatic hydroxyl groups is 1. The second kappa shape index (κ2) is 5.38. The highest BCUT2D eigenvalue weighted by Crippen LogP contribution is 2.21. The molecule has 0 spiro atoms. The van der Waals surface area contributed by atoms with Crippen molar-refractivity contribution >= 4 is 17.3 Å². The van der Waals surface area contributed by atoms with Crippen LogP contribution in [0.4, 0.5) is 0 Å². The van der Waals surface area contributed by atoms with Crippen molar-refractivity contribution in [3.63, 3.8) is 0 Å². The Bertz CT molecular complexity index is 338. The molecule has 1 rings (SSSR count). The summed E-state index contributed by atoms with van der Waals surface area (Å²) in [6.45, 7) is 4.12. The zero-order valence-electron chi connectivity index (χ0n) is 9.30. The first-order chi connectivity index (χ1) is 7.42. The van der Waals surface area contributed by atoms with Gasteiger partial charge in [0.15, 0.2) is 0 Å². The fourth-order valence-electron chi connectivity index (χ4n) is 1.25. The first-order valence-electron chi connectivity index (χ1n) is 4.96. The molecule has 0 saturated carbocycles. The quantitative estimate of drug-likeness (QED) is 0.689. The number of hydrogen-bond acceptors (Lipinski definition) is 5. The summed E-state index contributed by atoms with van der Waals surface area (Å²) < 4.78 is 0. The van der Waals surface area contributed by atoms with E-state index in [2.05, 4.69) is 10.3 Å². The molecule has 0 radical (unpaired) electrons. The molecule has 5 nitrogen and oxygen atoms in total. The van der Waals surface area contributed by atoms with Gasteiger partial charge >= 0.3 is 5.97 Å². The van der Waals surface area contributed by atoms with Gasteiger partial charge in [-0.1, -0.05) is 0 Å². The third kappa shape index (κ3) is 3.88. The lowest BCUT2D eigenvalue weighted by atomic mass is 10.1. The van der Waals surface area contributed by atoms with Crippen LogP contribution in [0.5, 0.6) is 0 Å². The summed E-state index contributed by atoms with van der Waals surface area (Å²) in [5, 5.41) is 23.8. The summed E-state index contributed by atoms with van der Waals surface area (Å²) in [6, 6.07) is 0. The van der Waals surface area contributed by atoms with Gasteiger partial charge in [-0.2, -0.15) is 0 Å². The fourth-order valence-corrected chi connectivity index (χ4v) is 1.99. The van der Waals surface area contributed by atoms with Crippen LogP contribution in [0, 0.1) is 0 Å². The third-order valence-corrected chi connectivity index (χ3v) is 3.25. The molecule has 3 N–H and O–H groups in total. The van der Waals surface area contributed by atoms with Gasteiger partial charge in [0.25, 0.3) is 0 Å². The highest BCUT2D eigenvalue weighted by atomic mass is 32.1. The van der Waals surface area contributed by atoms with Crippen LogP contribution >= 0.6 is 11.3 Å². The fraction of sp³-hybridized carbons (Fsp3) is 0.600. The van der Waals surface area contributed by atoms with E-state index in [0.717, 1.165) is 5.01 Å². The van der Waals surface area contributed by atoms with Gasteiger partial charge < -0.3 is 15.5 Å². The molecule has 90 valence electrons. The number of nitrogens with zero attached hydrogens (tertiary/aromatic N) is 1. The van der Waals surface area contributed by atoms with Crippen LogP contribution in [-0.2, 0) is 10.3 Å². The van der Waals surface area contributed by atoms with Crippen LogP contribution in [0.2, 0.25) is 0 Å². The lowest BCUT2D eigenvalue weighted by Gasteiger charge is -2.25. The summed E-state index contributed by atoms with van der Waals surface area (Å²) in [4.78, 5) is 14.5. The zero-order chi connectivity index (χ0) is 12.2. The van der Waals surface area contributed by atoms with Crippen LogP contribution in [0.15, 0.2) is 11.6 Å². The Balaban J connectivity index is 2.45. The lowest BCUT2D eigenvalue weighted by Crippen LogP contribution is -2.41. The highest BCUT2D eigenvalue weighted by molar-refractivity contribution is 7.09. The molecule has 0 aromatic carbocycles. The maximum Gasteiger partial charge on any atom is 0.306 e. The molecule has 1 atom stereocenters. The normalized spacial score (nSPS) is 13.7. The molecule has 1 unspecified atom stereocenters. The van der Waals surface area contributed by atoms with E-state index < -0.39 is 12.1 Å². The van der Waals surface area contributed by atoms with Gasteiger partial charge in [-0.05, 0) is 13.8 Å². The number of thiazole rings is 1. The molecule has 1 heterocycles. The van der Waals surface area contributed by atoms with Gasteiger partial charge in [-0.3, -0.25) is 4.79 Å². The Labute approximate surface area is 98.1 Å². The van der Waals surface area contributed by atoms with Crippen molar-refractivity contribution in [2.45, 2.75) is 31.9 Å². The SMILES string of the molecule is CC(C)(NCC(O)CC(=O)O)c1nccs1. The van der Waals surface area contributed by atoms with E-state index >= 15 is 0 Å². The number of nitrogens with one attached hydrogen (secondary N) is 1. The van der Waals surface area contributed by atoms with Crippen LogP contribution < -0.4 is 5.32 Å². The van der Waals surface area contributed by atoms with Gasteiger partial charge in [0.1, 0.15) is 5.01 Å². The van der Waals surface area contributed by atoms with Crippen molar-refractivity contribution in [2.24, 2.45) is 0 Å². The van der Waals surface area contributed by atoms with Crippen molar-refractivity contribution in [3.05, 3.63) is 16.6 Å². The van der Waals surface area contributed by atoms with Gasteiger partial charge in [-0.15, -0.1) is 11.3 Å². The summed E-state index contributed by atoms with van der Waals surface area (Å²) >= 11 is 1.52. The predicted octanol–water partition coefficient (Wildman–Crippen LogP) is 0.803. The Kier molecular flexibility index (Phi) is 4.40. The number of carboxylic acids is 1. The van der Waals surface area contributed by atoms with Crippen molar-refractivity contribution in [3.8, 4) is 0 Å². The van der Waals surface area contributed by atoms with Gasteiger partial charge in [0.2, 0.25) is 0 Å². The number of aromatic nitrogens is 1. The maximum atomic E-state index is 10.4. The van der Waals surface area contributed by atoms with Crippen molar-refractivity contribution in [2.75, 3.05) is 6.54 Å². The standard InChI is InChI=1S/C10H16N2O3S/c1-10(2,9-11-3-4-16-9)12-6-7(13)5-8(14)15/h3-4,7,12-13H,5-6H2,1-2H3,(H,14,15). The molecule has 0 aliphatic carbocycles. The third-order valence-electron chi connectivity index (χ3n) is 2.16. The summed E-state index contributed by atoms with van der Waals surface area (Å²) in [6.07, 6.45) is 0.592. The van der Waals surface area contributed by atoms with E-state index in [1.807, 2.05) is 19.2 Å². The van der Waals surface area contributed by atoms with Crippen molar-refractivity contribution < 1.29 is 15.0 Å². The minimum atomic E-state index is -0.999. The van der Waals surface area contributed by atoms with Gasteiger partial charge in [-0.25, -0.2) is 4.98 Å². The minimum absolute atomic E-state index is 0.235. The smallest absolute Gasteiger partial charge is 0.306 e. The van der Waals surface area contributed by atoms with Crippen molar-refractivity contribution in [1.29, 1.82) is 0 Å². The monoisotopic (exact) mass is 244 g/mol. The summed E-state index contributed by atoms with van der Waals surface area (Å²) in [7, 11) is 0. The molecule has 1 aromatic rings. The number of rotatable bonds is 6. The van der Waals surface area contributed by atoms with Crippen LogP contribution in [0.1, 0.15) is 25.3 Å². The molecule has 0 amide bonds. The molecule has 0 aliphatic heterocycles. The molecule has 1 aromatic heterocycles. The van der Waals surface area contributed by atoms with E-state index in [4.69, 9.17) is 5.11 Å².